The lowest BCUT2D eigenvalue weighted by Gasteiger charge is -2.34. The van der Waals surface area contributed by atoms with Gasteiger partial charge >= 0.3 is 0 Å². The fraction of sp³-hybridized carbons (Fsp3) is 0.682. The molecule has 0 bridgehead atoms. The van der Waals surface area contributed by atoms with E-state index in [9.17, 15) is 18.0 Å². The Morgan fingerprint density at radius 2 is 1.84 bits per heavy atom. The van der Waals surface area contributed by atoms with Crippen LogP contribution in [0.3, 0.4) is 0 Å². The number of carbonyl (C=O) groups excluding carboxylic acids is 1. The number of hydrogen-bond acceptors (Lipinski definition) is 6. The van der Waals surface area contributed by atoms with Gasteiger partial charge in [0.1, 0.15) is 16.3 Å². The van der Waals surface area contributed by atoms with E-state index in [-0.39, 0.29) is 40.6 Å². The molecule has 0 aromatic carbocycles. The normalized spacial score (nSPS) is 23.5. The average Bonchev–Trinajstić information content (AvgIpc) is 3.07. The maximum absolute atomic E-state index is 13.6. The fourth-order valence-corrected chi connectivity index (χ4v) is 8.49. The lowest BCUT2D eigenvalue weighted by atomic mass is 9.94. The van der Waals surface area contributed by atoms with Gasteiger partial charge in [0.25, 0.3) is 5.56 Å². The van der Waals surface area contributed by atoms with Crippen molar-refractivity contribution in [3.05, 3.63) is 21.6 Å². The first-order valence-corrected chi connectivity index (χ1v) is 13.7. The number of carbonyl (C=O) groups is 1. The molecule has 32 heavy (non-hydrogen) atoms. The first-order chi connectivity index (χ1) is 15.2. The number of sulfonamides is 1. The summed E-state index contributed by atoms with van der Waals surface area (Å²) in [6.45, 7) is 6.55. The molecule has 1 aliphatic heterocycles. The largest absolute Gasteiger partial charge is 0.352 e. The van der Waals surface area contributed by atoms with Crippen LogP contribution in [-0.4, -0.2) is 47.3 Å². The van der Waals surface area contributed by atoms with Crippen LogP contribution in [0.5, 0.6) is 0 Å². The van der Waals surface area contributed by atoms with E-state index >= 15 is 0 Å². The van der Waals surface area contributed by atoms with Gasteiger partial charge in [-0.15, -0.1) is 11.3 Å². The van der Waals surface area contributed by atoms with E-state index < -0.39 is 15.6 Å². The summed E-state index contributed by atoms with van der Waals surface area (Å²) in [6.07, 6.45) is 7.63. The summed E-state index contributed by atoms with van der Waals surface area (Å²) in [7, 11) is -3.84. The van der Waals surface area contributed by atoms with Crippen molar-refractivity contribution in [2.75, 3.05) is 13.1 Å². The molecule has 1 aliphatic carbocycles. The Bertz CT molecular complexity index is 1150. The molecule has 0 spiro atoms. The van der Waals surface area contributed by atoms with Crippen molar-refractivity contribution < 1.29 is 13.2 Å². The minimum Gasteiger partial charge on any atom is -0.352 e. The highest BCUT2D eigenvalue weighted by Crippen LogP contribution is 2.35. The second kappa shape index (κ2) is 9.23. The van der Waals surface area contributed by atoms with Crippen LogP contribution in [-0.2, 0) is 21.4 Å². The Balaban J connectivity index is 1.66. The number of nitrogens with one attached hydrogen (secondary N) is 1. The van der Waals surface area contributed by atoms with Crippen LogP contribution >= 0.6 is 11.3 Å². The van der Waals surface area contributed by atoms with Gasteiger partial charge < -0.3 is 5.32 Å². The van der Waals surface area contributed by atoms with Crippen molar-refractivity contribution in [3.8, 4) is 0 Å². The molecule has 2 aromatic heterocycles. The van der Waals surface area contributed by atoms with E-state index in [4.69, 9.17) is 0 Å². The minimum absolute atomic E-state index is 0.0540. The lowest BCUT2D eigenvalue weighted by Crippen LogP contribution is -2.43. The summed E-state index contributed by atoms with van der Waals surface area (Å²) in [5.74, 6) is 0.282. The summed E-state index contributed by atoms with van der Waals surface area (Å²) in [5, 5.41) is 3.11. The maximum Gasteiger partial charge on any atom is 0.263 e. The molecule has 10 heteroatoms. The summed E-state index contributed by atoms with van der Waals surface area (Å²) in [6, 6.07) is 0.144. The minimum atomic E-state index is -3.84. The molecule has 2 aliphatic rings. The highest BCUT2D eigenvalue weighted by atomic mass is 32.2. The SMILES string of the molecule is Cc1sc2ncn(CC(=O)NC3CCCCC3)c(=O)c2c1S(=O)(=O)N1C[C@H](C)C[C@H](C)C1. The average molecular weight is 481 g/mol. The second-order valence-corrected chi connectivity index (χ2v) is 12.6. The van der Waals surface area contributed by atoms with Crippen molar-refractivity contribution in [3.63, 3.8) is 0 Å². The van der Waals surface area contributed by atoms with Gasteiger partial charge in [0, 0.05) is 24.0 Å². The highest BCUT2D eigenvalue weighted by Gasteiger charge is 2.36. The first kappa shape index (κ1) is 23.4. The summed E-state index contributed by atoms with van der Waals surface area (Å²) in [5.41, 5.74) is -0.477. The Hall–Kier alpha value is -1.78. The Morgan fingerprint density at radius 3 is 2.50 bits per heavy atom. The number of piperidine rings is 1. The zero-order chi connectivity index (χ0) is 23.0. The molecule has 0 radical (unpaired) electrons. The second-order valence-electron chi connectivity index (χ2n) is 9.52. The van der Waals surface area contributed by atoms with Crippen molar-refractivity contribution in [1.82, 2.24) is 19.2 Å². The van der Waals surface area contributed by atoms with Gasteiger partial charge in [-0.05, 0) is 38.0 Å². The number of rotatable bonds is 5. The number of aryl methyl sites for hydroxylation is 1. The zero-order valence-corrected chi connectivity index (χ0v) is 20.6. The smallest absolute Gasteiger partial charge is 0.263 e. The van der Waals surface area contributed by atoms with Gasteiger partial charge in [0.15, 0.2) is 0 Å². The van der Waals surface area contributed by atoms with Gasteiger partial charge in [-0.25, -0.2) is 13.4 Å². The quantitative estimate of drug-likeness (QED) is 0.709. The monoisotopic (exact) mass is 480 g/mol. The van der Waals surface area contributed by atoms with Gasteiger partial charge in [0.2, 0.25) is 15.9 Å². The summed E-state index contributed by atoms with van der Waals surface area (Å²) in [4.78, 5) is 31.2. The van der Waals surface area contributed by atoms with E-state index in [0.29, 0.717) is 22.8 Å². The Kier molecular flexibility index (Phi) is 6.74. The van der Waals surface area contributed by atoms with Gasteiger partial charge in [0.05, 0.1) is 11.7 Å². The molecule has 2 aromatic rings. The fourth-order valence-electron chi connectivity index (χ4n) is 5.14. The van der Waals surface area contributed by atoms with Gasteiger partial charge in [-0.2, -0.15) is 4.31 Å². The molecular weight excluding hydrogens is 448 g/mol. The number of thiophene rings is 1. The molecule has 8 nitrogen and oxygen atoms in total. The first-order valence-electron chi connectivity index (χ1n) is 11.4. The van der Waals surface area contributed by atoms with Crippen LogP contribution < -0.4 is 10.9 Å². The van der Waals surface area contributed by atoms with Crippen molar-refractivity contribution in [2.45, 2.75) is 76.8 Å². The summed E-state index contributed by atoms with van der Waals surface area (Å²) < 4.78 is 29.9. The summed E-state index contributed by atoms with van der Waals surface area (Å²) >= 11 is 1.21. The maximum atomic E-state index is 13.6. The Morgan fingerprint density at radius 1 is 1.19 bits per heavy atom. The van der Waals surface area contributed by atoms with Crippen molar-refractivity contribution >= 4 is 37.5 Å². The van der Waals surface area contributed by atoms with E-state index in [1.165, 1.54) is 33.0 Å². The van der Waals surface area contributed by atoms with Crippen molar-refractivity contribution in [2.24, 2.45) is 11.8 Å². The molecule has 2 atom stereocenters. The van der Waals surface area contributed by atoms with Crippen LogP contribution in [0.15, 0.2) is 16.0 Å². The number of hydrogen-bond donors (Lipinski definition) is 1. The molecule has 1 amide bonds. The zero-order valence-electron chi connectivity index (χ0n) is 19.0. The molecule has 1 saturated carbocycles. The number of aromatic nitrogens is 2. The van der Waals surface area contributed by atoms with Crippen LogP contribution in [0.25, 0.3) is 10.2 Å². The third-order valence-corrected chi connectivity index (χ3v) is 9.66. The predicted molar refractivity (Wildman–Crippen MR) is 125 cm³/mol. The van der Waals surface area contributed by atoms with E-state index in [0.717, 1.165) is 32.1 Å². The van der Waals surface area contributed by atoms with Crippen LogP contribution in [0.4, 0.5) is 0 Å². The molecule has 1 saturated heterocycles. The topological polar surface area (TPSA) is 101 Å². The molecule has 0 unspecified atom stereocenters. The Labute approximate surface area is 193 Å². The number of fused-ring (bicyclic) bond motifs is 1. The van der Waals surface area contributed by atoms with E-state index in [2.05, 4.69) is 24.1 Å². The third-order valence-electron chi connectivity index (χ3n) is 6.52. The van der Waals surface area contributed by atoms with Gasteiger partial charge in [-0.3, -0.25) is 14.2 Å². The van der Waals surface area contributed by atoms with E-state index in [1.807, 2.05) is 0 Å². The van der Waals surface area contributed by atoms with Crippen LogP contribution in [0.1, 0.15) is 57.2 Å². The molecule has 176 valence electrons. The molecule has 1 N–H and O–H groups in total. The number of amides is 1. The predicted octanol–water partition coefficient (Wildman–Crippen LogP) is 2.88. The standard InChI is InChI=1S/C22H32N4O4S2/c1-14-9-15(2)11-26(10-14)32(29,30)20-16(3)31-21-19(20)22(28)25(13-23-21)12-18(27)24-17-7-5-4-6-8-17/h13-15,17H,4-12H2,1-3H3,(H,24,27)/t14-,15+. The third kappa shape index (κ3) is 4.63. The molecule has 3 heterocycles. The van der Waals surface area contributed by atoms with Crippen molar-refractivity contribution in [1.29, 1.82) is 0 Å². The van der Waals surface area contributed by atoms with Gasteiger partial charge in [-0.1, -0.05) is 33.1 Å². The lowest BCUT2D eigenvalue weighted by molar-refractivity contribution is -0.122. The van der Waals surface area contributed by atoms with Crippen LogP contribution in [0.2, 0.25) is 0 Å². The molecule has 2 fully saturated rings. The van der Waals surface area contributed by atoms with Crippen LogP contribution in [0, 0.1) is 18.8 Å². The number of nitrogens with zero attached hydrogens (tertiary/aromatic N) is 3. The molecular formula is C22H32N4O4S2. The van der Waals surface area contributed by atoms with E-state index in [1.54, 1.807) is 6.92 Å². The molecule has 4 rings (SSSR count). The highest BCUT2D eigenvalue weighted by molar-refractivity contribution is 7.89.